The van der Waals surface area contributed by atoms with Crippen LogP contribution in [0, 0.1) is 5.92 Å². The summed E-state index contributed by atoms with van der Waals surface area (Å²) < 4.78 is 0. The van der Waals surface area contributed by atoms with Gasteiger partial charge in [-0.25, -0.2) is 0 Å². The molecular weight excluding hydrogens is 176 g/mol. The summed E-state index contributed by atoms with van der Waals surface area (Å²) in [7, 11) is 0. The predicted octanol–water partition coefficient (Wildman–Crippen LogP) is 1.13. The van der Waals surface area contributed by atoms with E-state index in [9.17, 15) is 4.79 Å². The van der Waals surface area contributed by atoms with Crippen molar-refractivity contribution in [2.24, 2.45) is 11.7 Å². The molecule has 2 rings (SSSR count). The molecule has 80 valence electrons. The van der Waals surface area contributed by atoms with Gasteiger partial charge in [0.1, 0.15) is 0 Å². The van der Waals surface area contributed by atoms with Crippen molar-refractivity contribution < 1.29 is 4.79 Å². The summed E-state index contributed by atoms with van der Waals surface area (Å²) in [6.07, 6.45) is 6.50. The van der Waals surface area contributed by atoms with Gasteiger partial charge in [-0.15, -0.1) is 0 Å². The van der Waals surface area contributed by atoms with Crippen LogP contribution in [0.25, 0.3) is 0 Å². The van der Waals surface area contributed by atoms with Crippen molar-refractivity contribution in [2.75, 3.05) is 13.1 Å². The fourth-order valence-corrected chi connectivity index (χ4v) is 2.79. The number of rotatable bonds is 4. The third-order valence-corrected chi connectivity index (χ3v) is 3.57. The first-order valence-electron chi connectivity index (χ1n) is 5.81. The minimum atomic E-state index is 0.366. The van der Waals surface area contributed by atoms with Gasteiger partial charge in [0, 0.05) is 19.0 Å². The Morgan fingerprint density at radius 3 is 2.79 bits per heavy atom. The minimum Gasteiger partial charge on any atom is -0.339 e. The summed E-state index contributed by atoms with van der Waals surface area (Å²) in [5.74, 6) is 1.18. The van der Waals surface area contributed by atoms with Crippen LogP contribution in [0.5, 0.6) is 0 Å². The fraction of sp³-hybridized carbons (Fsp3) is 0.909. The molecule has 2 bridgehead atoms. The number of carbonyl (C=O) groups is 1. The van der Waals surface area contributed by atoms with Gasteiger partial charge >= 0.3 is 0 Å². The van der Waals surface area contributed by atoms with Gasteiger partial charge in [0.05, 0.1) is 0 Å². The monoisotopic (exact) mass is 196 g/mol. The zero-order valence-corrected chi connectivity index (χ0v) is 8.74. The van der Waals surface area contributed by atoms with Crippen molar-refractivity contribution in [1.29, 1.82) is 0 Å². The second-order valence-corrected chi connectivity index (χ2v) is 4.62. The summed E-state index contributed by atoms with van der Waals surface area (Å²) in [6.45, 7) is 1.74. The van der Waals surface area contributed by atoms with Gasteiger partial charge < -0.3 is 10.6 Å². The number of hydrogen-bond donors (Lipinski definition) is 1. The first-order chi connectivity index (χ1) is 6.81. The topological polar surface area (TPSA) is 46.3 Å². The lowest BCUT2D eigenvalue weighted by Gasteiger charge is -2.27. The van der Waals surface area contributed by atoms with E-state index in [0.29, 0.717) is 24.9 Å². The molecule has 2 atom stereocenters. The Hall–Kier alpha value is -0.570. The van der Waals surface area contributed by atoms with Gasteiger partial charge in [0.2, 0.25) is 5.91 Å². The molecule has 1 heterocycles. The van der Waals surface area contributed by atoms with Crippen LogP contribution in [0.1, 0.15) is 38.5 Å². The first kappa shape index (κ1) is 9.97. The molecule has 3 nitrogen and oxygen atoms in total. The molecule has 0 aromatic rings. The van der Waals surface area contributed by atoms with Gasteiger partial charge in [-0.3, -0.25) is 4.79 Å². The van der Waals surface area contributed by atoms with E-state index in [1.54, 1.807) is 0 Å². The Morgan fingerprint density at radius 1 is 1.36 bits per heavy atom. The molecule has 1 saturated carbocycles. The predicted molar refractivity (Wildman–Crippen MR) is 55.7 cm³/mol. The molecule has 14 heavy (non-hydrogen) atoms. The fourth-order valence-electron chi connectivity index (χ4n) is 2.79. The normalized spacial score (nSPS) is 29.9. The number of amides is 1. The second kappa shape index (κ2) is 4.30. The molecule has 1 saturated heterocycles. The van der Waals surface area contributed by atoms with Crippen molar-refractivity contribution in [1.82, 2.24) is 4.90 Å². The molecule has 0 aromatic heterocycles. The molecule has 0 spiro atoms. The van der Waals surface area contributed by atoms with E-state index in [2.05, 4.69) is 4.90 Å². The Bertz CT molecular complexity index is 217. The highest BCUT2D eigenvalue weighted by atomic mass is 16.2. The van der Waals surface area contributed by atoms with E-state index in [-0.39, 0.29) is 0 Å². The molecular formula is C11H20N2O. The van der Waals surface area contributed by atoms with E-state index in [4.69, 9.17) is 5.73 Å². The number of piperidine rings is 1. The summed E-state index contributed by atoms with van der Waals surface area (Å²) in [6, 6.07) is 0.588. The summed E-state index contributed by atoms with van der Waals surface area (Å²) >= 11 is 0. The van der Waals surface area contributed by atoms with E-state index >= 15 is 0 Å². The van der Waals surface area contributed by atoms with Crippen molar-refractivity contribution in [3.05, 3.63) is 0 Å². The zero-order valence-electron chi connectivity index (χ0n) is 8.74. The van der Waals surface area contributed by atoms with Crippen LogP contribution in [0.2, 0.25) is 0 Å². The van der Waals surface area contributed by atoms with Crippen molar-refractivity contribution >= 4 is 5.91 Å². The SMILES string of the molecule is NCCCCC(=O)N1CC2CCC1C2. The van der Waals surface area contributed by atoms with Crippen LogP contribution in [0.15, 0.2) is 0 Å². The van der Waals surface area contributed by atoms with E-state index in [0.717, 1.165) is 25.3 Å². The third kappa shape index (κ3) is 1.92. The molecule has 2 N–H and O–H groups in total. The van der Waals surface area contributed by atoms with Crippen molar-refractivity contribution in [3.8, 4) is 0 Å². The number of unbranched alkanes of at least 4 members (excludes halogenated alkanes) is 1. The highest BCUT2D eigenvalue weighted by Gasteiger charge is 2.39. The first-order valence-corrected chi connectivity index (χ1v) is 5.81. The van der Waals surface area contributed by atoms with Crippen molar-refractivity contribution in [2.45, 2.75) is 44.6 Å². The zero-order chi connectivity index (χ0) is 9.97. The van der Waals surface area contributed by atoms with E-state index in [1.807, 2.05) is 0 Å². The van der Waals surface area contributed by atoms with Crippen molar-refractivity contribution in [3.63, 3.8) is 0 Å². The van der Waals surface area contributed by atoms with Crippen LogP contribution >= 0.6 is 0 Å². The van der Waals surface area contributed by atoms with Gasteiger partial charge in [0.25, 0.3) is 0 Å². The Kier molecular flexibility index (Phi) is 3.06. The standard InChI is InChI=1S/C11H20N2O/c12-6-2-1-3-11(14)13-8-9-4-5-10(13)7-9/h9-10H,1-8,12H2. The molecule has 2 unspecified atom stereocenters. The summed E-state index contributed by atoms with van der Waals surface area (Å²) in [5.41, 5.74) is 5.40. The highest BCUT2D eigenvalue weighted by Crippen LogP contribution is 2.37. The number of hydrogen-bond acceptors (Lipinski definition) is 2. The molecule has 0 radical (unpaired) electrons. The number of fused-ring (bicyclic) bond motifs is 2. The maximum absolute atomic E-state index is 11.8. The molecule has 1 aliphatic carbocycles. The number of nitrogens with zero attached hydrogens (tertiary/aromatic N) is 1. The molecule has 1 aliphatic heterocycles. The van der Waals surface area contributed by atoms with Crippen LogP contribution in [-0.4, -0.2) is 29.9 Å². The Labute approximate surface area is 85.6 Å². The molecule has 3 heteroatoms. The van der Waals surface area contributed by atoms with Gasteiger partial charge in [-0.2, -0.15) is 0 Å². The smallest absolute Gasteiger partial charge is 0.222 e. The van der Waals surface area contributed by atoms with Gasteiger partial charge in [-0.05, 0) is 44.6 Å². The number of nitrogens with two attached hydrogens (primary N) is 1. The Morgan fingerprint density at radius 2 is 2.21 bits per heavy atom. The van der Waals surface area contributed by atoms with E-state index in [1.165, 1.54) is 19.3 Å². The average molecular weight is 196 g/mol. The Balaban J connectivity index is 1.75. The van der Waals surface area contributed by atoms with Gasteiger partial charge in [-0.1, -0.05) is 0 Å². The lowest BCUT2D eigenvalue weighted by molar-refractivity contribution is -0.132. The number of carbonyl (C=O) groups excluding carboxylic acids is 1. The lowest BCUT2D eigenvalue weighted by atomic mass is 10.1. The summed E-state index contributed by atoms with van der Waals surface area (Å²) in [5, 5.41) is 0. The average Bonchev–Trinajstić information content (AvgIpc) is 2.79. The van der Waals surface area contributed by atoms with Crippen LogP contribution in [-0.2, 0) is 4.79 Å². The van der Waals surface area contributed by atoms with E-state index < -0.39 is 0 Å². The van der Waals surface area contributed by atoms with Crippen LogP contribution in [0.3, 0.4) is 0 Å². The lowest BCUT2D eigenvalue weighted by Crippen LogP contribution is -2.37. The maximum atomic E-state index is 11.8. The largest absolute Gasteiger partial charge is 0.339 e. The molecule has 1 amide bonds. The quantitative estimate of drug-likeness (QED) is 0.685. The highest BCUT2D eigenvalue weighted by molar-refractivity contribution is 5.77. The summed E-state index contributed by atoms with van der Waals surface area (Å²) in [4.78, 5) is 13.9. The van der Waals surface area contributed by atoms with Crippen LogP contribution < -0.4 is 5.73 Å². The minimum absolute atomic E-state index is 0.366. The molecule has 0 aromatic carbocycles. The second-order valence-electron chi connectivity index (χ2n) is 4.62. The maximum Gasteiger partial charge on any atom is 0.222 e. The molecule has 2 aliphatic rings. The van der Waals surface area contributed by atoms with Gasteiger partial charge in [0.15, 0.2) is 0 Å². The number of likely N-dealkylation sites (tertiary alicyclic amines) is 1. The molecule has 2 fully saturated rings. The third-order valence-electron chi connectivity index (χ3n) is 3.57. The van der Waals surface area contributed by atoms with Crippen LogP contribution in [0.4, 0.5) is 0 Å².